The molecule has 0 aromatic heterocycles. The van der Waals surface area contributed by atoms with Gasteiger partial charge in [-0.15, -0.1) is 0 Å². The van der Waals surface area contributed by atoms with E-state index in [1.54, 1.807) is 42.5 Å². The second-order valence-corrected chi connectivity index (χ2v) is 8.06. The standard InChI is InChI=1S/C26H25BrN2O7/c1-5-35-21-12-16(15-28-29-25(30)17-7-9-19(27)10-8-17)6-11-20(21)36-26(31)18-13-22(32-2)24(34-4)23(14-18)33-3/h6-15H,5H2,1-4H3,(H,29,30). The summed E-state index contributed by atoms with van der Waals surface area (Å²) in [7, 11) is 4.40. The summed E-state index contributed by atoms with van der Waals surface area (Å²) in [6, 6.07) is 14.8. The van der Waals surface area contributed by atoms with Gasteiger partial charge in [0.05, 0.1) is 39.7 Å². The number of nitrogens with zero attached hydrogens (tertiary/aromatic N) is 1. The third-order valence-corrected chi connectivity index (χ3v) is 5.39. The number of hydrogen-bond donors (Lipinski definition) is 1. The number of hydrazone groups is 1. The first-order valence-electron chi connectivity index (χ1n) is 10.8. The van der Waals surface area contributed by atoms with Gasteiger partial charge in [-0.05, 0) is 67.1 Å². The molecule has 0 unspecified atom stereocenters. The Bertz CT molecular complexity index is 1230. The molecule has 0 heterocycles. The summed E-state index contributed by atoms with van der Waals surface area (Å²) in [6.45, 7) is 2.15. The molecule has 36 heavy (non-hydrogen) atoms. The van der Waals surface area contributed by atoms with Gasteiger partial charge in [-0.2, -0.15) is 5.10 Å². The molecule has 1 amide bonds. The Morgan fingerprint density at radius 1 is 0.861 bits per heavy atom. The van der Waals surface area contributed by atoms with Crippen LogP contribution in [0.1, 0.15) is 33.2 Å². The Balaban J connectivity index is 1.77. The van der Waals surface area contributed by atoms with Gasteiger partial charge in [-0.25, -0.2) is 10.2 Å². The second-order valence-electron chi connectivity index (χ2n) is 7.15. The third kappa shape index (κ3) is 6.54. The third-order valence-electron chi connectivity index (χ3n) is 4.86. The van der Waals surface area contributed by atoms with E-state index in [9.17, 15) is 9.59 Å². The molecule has 0 bridgehead atoms. The monoisotopic (exact) mass is 556 g/mol. The van der Waals surface area contributed by atoms with Crippen molar-refractivity contribution in [2.45, 2.75) is 6.92 Å². The first-order valence-corrected chi connectivity index (χ1v) is 11.6. The minimum absolute atomic E-state index is 0.202. The van der Waals surface area contributed by atoms with Gasteiger partial charge in [-0.1, -0.05) is 15.9 Å². The van der Waals surface area contributed by atoms with Crippen LogP contribution in [-0.4, -0.2) is 46.0 Å². The summed E-state index contributed by atoms with van der Waals surface area (Å²) in [5.41, 5.74) is 3.77. The van der Waals surface area contributed by atoms with Crippen LogP contribution < -0.4 is 29.1 Å². The molecule has 1 N–H and O–H groups in total. The second kappa shape index (κ2) is 12.6. The van der Waals surface area contributed by atoms with Gasteiger partial charge in [0.15, 0.2) is 23.0 Å². The highest BCUT2D eigenvalue weighted by Crippen LogP contribution is 2.38. The fraction of sp³-hybridized carbons (Fsp3) is 0.192. The zero-order valence-corrected chi connectivity index (χ0v) is 21.7. The van der Waals surface area contributed by atoms with E-state index in [0.29, 0.717) is 40.7 Å². The van der Waals surface area contributed by atoms with Crippen LogP contribution in [0.4, 0.5) is 0 Å². The molecule has 0 radical (unpaired) electrons. The van der Waals surface area contributed by atoms with Crippen molar-refractivity contribution >= 4 is 34.0 Å². The topological polar surface area (TPSA) is 105 Å². The summed E-state index contributed by atoms with van der Waals surface area (Å²) >= 11 is 3.33. The highest BCUT2D eigenvalue weighted by molar-refractivity contribution is 9.10. The molecule has 3 aromatic carbocycles. The van der Waals surface area contributed by atoms with Crippen molar-refractivity contribution in [1.29, 1.82) is 0 Å². The Hall–Kier alpha value is -4.05. The van der Waals surface area contributed by atoms with Crippen molar-refractivity contribution in [2.75, 3.05) is 27.9 Å². The normalized spacial score (nSPS) is 10.6. The predicted molar refractivity (Wildman–Crippen MR) is 138 cm³/mol. The van der Waals surface area contributed by atoms with E-state index in [1.807, 2.05) is 6.92 Å². The highest BCUT2D eigenvalue weighted by atomic mass is 79.9. The number of methoxy groups -OCH3 is 3. The predicted octanol–water partition coefficient (Wildman–Crippen LogP) is 4.86. The van der Waals surface area contributed by atoms with E-state index in [1.165, 1.54) is 39.7 Å². The van der Waals surface area contributed by atoms with E-state index in [-0.39, 0.29) is 17.2 Å². The van der Waals surface area contributed by atoms with Gasteiger partial charge in [-0.3, -0.25) is 4.79 Å². The molecule has 0 fully saturated rings. The number of esters is 1. The molecule has 10 heteroatoms. The number of hydrogen-bond acceptors (Lipinski definition) is 8. The van der Waals surface area contributed by atoms with Crippen molar-refractivity contribution in [3.8, 4) is 28.7 Å². The smallest absolute Gasteiger partial charge is 0.343 e. The summed E-state index contributed by atoms with van der Waals surface area (Å²) in [6.07, 6.45) is 1.46. The lowest BCUT2D eigenvalue weighted by Gasteiger charge is -2.15. The van der Waals surface area contributed by atoms with Gasteiger partial charge in [0.25, 0.3) is 5.91 Å². The average Bonchev–Trinajstić information content (AvgIpc) is 2.89. The lowest BCUT2D eigenvalue weighted by atomic mass is 10.1. The molecule has 0 saturated heterocycles. The lowest BCUT2D eigenvalue weighted by Crippen LogP contribution is -2.17. The Morgan fingerprint density at radius 2 is 1.53 bits per heavy atom. The number of ether oxygens (including phenoxy) is 5. The minimum Gasteiger partial charge on any atom is -0.493 e. The molecule has 188 valence electrons. The number of carbonyl (C=O) groups excluding carboxylic acids is 2. The first-order chi connectivity index (χ1) is 17.4. The van der Waals surface area contributed by atoms with Crippen molar-refractivity contribution < 1.29 is 33.3 Å². The highest BCUT2D eigenvalue weighted by Gasteiger charge is 2.20. The molecule has 0 aliphatic heterocycles. The number of rotatable bonds is 10. The van der Waals surface area contributed by atoms with Gasteiger partial charge in [0, 0.05) is 10.0 Å². The molecule has 9 nitrogen and oxygen atoms in total. The number of amides is 1. The van der Waals surface area contributed by atoms with Gasteiger partial charge >= 0.3 is 5.97 Å². The zero-order chi connectivity index (χ0) is 26.1. The van der Waals surface area contributed by atoms with Crippen LogP contribution in [0.3, 0.4) is 0 Å². The fourth-order valence-corrected chi connectivity index (χ4v) is 3.41. The minimum atomic E-state index is -0.640. The summed E-state index contributed by atoms with van der Waals surface area (Å²) in [4.78, 5) is 25.1. The molecule has 3 rings (SSSR count). The molecular formula is C26H25BrN2O7. The van der Waals surface area contributed by atoms with Gasteiger partial charge in [0.2, 0.25) is 5.75 Å². The van der Waals surface area contributed by atoms with Crippen LogP contribution >= 0.6 is 15.9 Å². The SMILES string of the molecule is CCOc1cc(C=NNC(=O)c2ccc(Br)cc2)ccc1OC(=O)c1cc(OC)c(OC)c(OC)c1. The van der Waals surface area contributed by atoms with Crippen molar-refractivity contribution in [2.24, 2.45) is 5.10 Å². The Kier molecular flexibility index (Phi) is 9.29. The quantitative estimate of drug-likeness (QED) is 0.164. The summed E-state index contributed by atoms with van der Waals surface area (Å²) in [5.74, 6) is 0.574. The van der Waals surface area contributed by atoms with Gasteiger partial charge in [0.1, 0.15) is 0 Å². The summed E-state index contributed by atoms with van der Waals surface area (Å²) < 4.78 is 28.0. The van der Waals surface area contributed by atoms with Gasteiger partial charge < -0.3 is 23.7 Å². The van der Waals surface area contributed by atoms with Crippen LogP contribution in [0, 0.1) is 0 Å². The maximum atomic E-state index is 12.9. The fourth-order valence-electron chi connectivity index (χ4n) is 3.15. The molecule has 0 aliphatic rings. The van der Waals surface area contributed by atoms with Crippen LogP contribution in [0.15, 0.2) is 64.2 Å². The van der Waals surface area contributed by atoms with Crippen LogP contribution in [-0.2, 0) is 0 Å². The molecule has 0 aliphatic carbocycles. The number of nitrogens with one attached hydrogen (secondary N) is 1. The first kappa shape index (κ1) is 26.6. The van der Waals surface area contributed by atoms with E-state index in [0.717, 1.165) is 4.47 Å². The number of carbonyl (C=O) groups is 2. The van der Waals surface area contributed by atoms with Crippen LogP contribution in [0.25, 0.3) is 0 Å². The molecular weight excluding hydrogens is 532 g/mol. The molecule has 3 aromatic rings. The van der Waals surface area contributed by atoms with Crippen molar-refractivity contribution in [1.82, 2.24) is 5.43 Å². The van der Waals surface area contributed by atoms with Crippen molar-refractivity contribution in [3.63, 3.8) is 0 Å². The van der Waals surface area contributed by atoms with E-state index < -0.39 is 5.97 Å². The van der Waals surface area contributed by atoms with E-state index in [2.05, 4.69) is 26.5 Å². The van der Waals surface area contributed by atoms with Crippen molar-refractivity contribution in [3.05, 3.63) is 75.8 Å². The largest absolute Gasteiger partial charge is 0.493 e. The Labute approximate surface area is 217 Å². The maximum absolute atomic E-state index is 12.9. The lowest BCUT2D eigenvalue weighted by molar-refractivity contribution is 0.0727. The maximum Gasteiger partial charge on any atom is 0.343 e. The molecule has 0 atom stereocenters. The van der Waals surface area contributed by atoms with E-state index >= 15 is 0 Å². The van der Waals surface area contributed by atoms with E-state index in [4.69, 9.17) is 23.7 Å². The zero-order valence-electron chi connectivity index (χ0n) is 20.2. The number of benzene rings is 3. The van der Waals surface area contributed by atoms with Crippen LogP contribution in [0.2, 0.25) is 0 Å². The molecule has 0 saturated carbocycles. The molecule has 0 spiro atoms. The average molecular weight is 557 g/mol. The van der Waals surface area contributed by atoms with Crippen LogP contribution in [0.5, 0.6) is 28.7 Å². The summed E-state index contributed by atoms with van der Waals surface area (Å²) in [5, 5.41) is 4.00. The Morgan fingerprint density at radius 3 is 2.11 bits per heavy atom. The number of halogens is 1.